The average molecular weight is 406 g/mol. The van der Waals surface area contributed by atoms with Crippen molar-refractivity contribution in [2.75, 3.05) is 13.1 Å². The minimum Gasteiger partial charge on any atom is -0.365 e. The fourth-order valence-corrected chi connectivity index (χ4v) is 5.67. The van der Waals surface area contributed by atoms with Gasteiger partial charge in [-0.2, -0.15) is 4.99 Å². The summed E-state index contributed by atoms with van der Waals surface area (Å²) >= 11 is 1.51. The molecule has 1 amide bonds. The lowest BCUT2D eigenvalue weighted by Gasteiger charge is -2.39. The van der Waals surface area contributed by atoms with Gasteiger partial charge in [0.1, 0.15) is 0 Å². The highest BCUT2D eigenvalue weighted by molar-refractivity contribution is 8.18. The van der Waals surface area contributed by atoms with E-state index in [-0.39, 0.29) is 11.5 Å². The van der Waals surface area contributed by atoms with Gasteiger partial charge in [0, 0.05) is 25.5 Å². The maximum Gasteiger partial charge on any atom is 0.286 e. The van der Waals surface area contributed by atoms with Gasteiger partial charge in [0.2, 0.25) is 0 Å². The number of fused-ring (bicyclic) bond motifs is 2. The number of rotatable bonds is 2. The van der Waals surface area contributed by atoms with Crippen molar-refractivity contribution in [2.24, 2.45) is 4.99 Å². The molecule has 1 saturated heterocycles. The fourth-order valence-electron chi connectivity index (χ4n) is 4.53. The summed E-state index contributed by atoms with van der Waals surface area (Å²) < 4.78 is 6.26. The molecular formula is C23H23N3O2S. The van der Waals surface area contributed by atoms with Crippen molar-refractivity contribution in [3.05, 3.63) is 70.4 Å². The van der Waals surface area contributed by atoms with Crippen molar-refractivity contribution < 1.29 is 9.53 Å². The number of piperidine rings is 1. The van der Waals surface area contributed by atoms with E-state index in [1.807, 2.05) is 12.1 Å². The van der Waals surface area contributed by atoms with Crippen LogP contribution in [0.5, 0.6) is 0 Å². The molecule has 4 heterocycles. The summed E-state index contributed by atoms with van der Waals surface area (Å²) in [6.45, 7) is 4.46. The molecule has 3 aliphatic rings. The van der Waals surface area contributed by atoms with Gasteiger partial charge in [-0.15, -0.1) is 0 Å². The number of likely N-dealkylation sites (tertiary alicyclic amines) is 1. The second kappa shape index (κ2) is 7.43. The Balaban J connectivity index is 1.33. The lowest BCUT2D eigenvalue weighted by Crippen LogP contribution is -2.44. The van der Waals surface area contributed by atoms with E-state index in [0.29, 0.717) is 6.61 Å². The Morgan fingerprint density at radius 1 is 1.17 bits per heavy atom. The first-order valence-corrected chi connectivity index (χ1v) is 10.9. The Morgan fingerprint density at radius 2 is 1.93 bits per heavy atom. The zero-order chi connectivity index (χ0) is 19.8. The molecule has 0 atom stereocenters. The first-order valence-electron chi connectivity index (χ1n) is 10.1. The van der Waals surface area contributed by atoms with Gasteiger partial charge in [-0.1, -0.05) is 31.2 Å². The fraction of sp³-hybridized carbons (Fsp3) is 0.348. The number of amidine groups is 1. The molecule has 0 aliphatic carbocycles. The Hall–Kier alpha value is -2.44. The first kappa shape index (κ1) is 18.6. The highest BCUT2D eigenvalue weighted by Crippen LogP contribution is 2.45. The van der Waals surface area contributed by atoms with Crippen LogP contribution in [0.1, 0.15) is 42.9 Å². The lowest BCUT2D eigenvalue weighted by atomic mass is 9.84. The van der Waals surface area contributed by atoms with E-state index in [0.717, 1.165) is 53.6 Å². The zero-order valence-corrected chi connectivity index (χ0v) is 17.2. The molecule has 0 unspecified atom stereocenters. The van der Waals surface area contributed by atoms with Crippen molar-refractivity contribution >= 4 is 28.4 Å². The number of benzene rings is 1. The van der Waals surface area contributed by atoms with Gasteiger partial charge in [0.25, 0.3) is 5.91 Å². The maximum absolute atomic E-state index is 12.7. The molecular weight excluding hydrogens is 382 g/mol. The van der Waals surface area contributed by atoms with Crippen LogP contribution in [-0.2, 0) is 21.7 Å². The second-order valence-corrected chi connectivity index (χ2v) is 8.60. The number of pyridine rings is 1. The number of carbonyl (C=O) groups excluding carboxylic acids is 1. The third-order valence-electron chi connectivity index (χ3n) is 6.10. The summed E-state index contributed by atoms with van der Waals surface area (Å²) in [6.07, 6.45) is 6.15. The number of carbonyl (C=O) groups is 1. The Labute approximate surface area is 174 Å². The van der Waals surface area contributed by atoms with E-state index in [9.17, 15) is 4.79 Å². The number of aromatic nitrogens is 1. The number of aliphatic imine (C=N–C) groups is 1. The summed E-state index contributed by atoms with van der Waals surface area (Å²) in [4.78, 5) is 24.2. The number of ether oxygens (including phenoxy) is 1. The highest BCUT2D eigenvalue weighted by atomic mass is 32.2. The number of nitrogens with zero attached hydrogens (tertiary/aromatic N) is 3. The van der Waals surface area contributed by atoms with Gasteiger partial charge < -0.3 is 9.64 Å². The van der Waals surface area contributed by atoms with Crippen LogP contribution in [0, 0.1) is 0 Å². The average Bonchev–Trinajstić information content (AvgIpc) is 3.32. The largest absolute Gasteiger partial charge is 0.365 e. The molecule has 0 radical (unpaired) electrons. The lowest BCUT2D eigenvalue weighted by molar-refractivity contribution is -0.113. The smallest absolute Gasteiger partial charge is 0.286 e. The minimum atomic E-state index is -0.175. The molecule has 1 aromatic heterocycles. The number of thioether (sulfide) groups is 1. The predicted octanol–water partition coefficient (Wildman–Crippen LogP) is 4.35. The maximum atomic E-state index is 12.7. The van der Waals surface area contributed by atoms with Crippen molar-refractivity contribution in [3.8, 4) is 0 Å². The molecule has 5 nitrogen and oxygen atoms in total. The van der Waals surface area contributed by atoms with Crippen molar-refractivity contribution in [2.45, 2.75) is 38.4 Å². The molecule has 5 rings (SSSR count). The topological polar surface area (TPSA) is 54.8 Å². The molecule has 6 heteroatoms. The molecule has 0 bridgehead atoms. The summed E-state index contributed by atoms with van der Waals surface area (Å²) in [5, 5.41) is 0.825. The number of allylic oxidation sites excluding steroid dienone is 1. The summed E-state index contributed by atoms with van der Waals surface area (Å²) in [6, 6.07) is 12.4. The minimum absolute atomic E-state index is 0.124. The molecule has 0 N–H and O–H groups in total. The van der Waals surface area contributed by atoms with E-state index in [2.05, 4.69) is 46.1 Å². The summed E-state index contributed by atoms with van der Waals surface area (Å²) in [5.41, 5.74) is 4.55. The Kier molecular flexibility index (Phi) is 4.76. The first-order chi connectivity index (χ1) is 14.2. The second-order valence-electron chi connectivity index (χ2n) is 7.63. The van der Waals surface area contributed by atoms with Crippen LogP contribution < -0.4 is 0 Å². The summed E-state index contributed by atoms with van der Waals surface area (Å²) in [7, 11) is 0. The molecule has 1 spiro atoms. The molecule has 1 aromatic carbocycles. The van der Waals surface area contributed by atoms with Gasteiger partial charge in [-0.3, -0.25) is 9.78 Å². The monoisotopic (exact) mass is 405 g/mol. The molecule has 3 aliphatic heterocycles. The Morgan fingerprint density at radius 3 is 2.69 bits per heavy atom. The van der Waals surface area contributed by atoms with Gasteiger partial charge in [-0.05, 0) is 65.4 Å². The van der Waals surface area contributed by atoms with Crippen LogP contribution in [0.2, 0.25) is 0 Å². The normalized spacial score (nSPS) is 22.0. The van der Waals surface area contributed by atoms with Crippen molar-refractivity contribution in [1.82, 2.24) is 9.88 Å². The third-order valence-corrected chi connectivity index (χ3v) is 7.25. The molecule has 29 heavy (non-hydrogen) atoms. The predicted molar refractivity (Wildman–Crippen MR) is 115 cm³/mol. The number of hydrogen-bond acceptors (Lipinski definition) is 5. The highest BCUT2D eigenvalue weighted by Gasteiger charge is 2.43. The van der Waals surface area contributed by atoms with E-state index in [1.165, 1.54) is 22.9 Å². The van der Waals surface area contributed by atoms with Gasteiger partial charge in [-0.25, -0.2) is 0 Å². The van der Waals surface area contributed by atoms with Crippen molar-refractivity contribution in [1.29, 1.82) is 0 Å². The van der Waals surface area contributed by atoms with Crippen LogP contribution in [0.15, 0.2) is 58.7 Å². The summed E-state index contributed by atoms with van der Waals surface area (Å²) in [5.74, 6) is -0.124. The van der Waals surface area contributed by atoms with Gasteiger partial charge in [0.05, 0.1) is 17.1 Å². The Bertz CT molecular complexity index is 1010. The standard InChI is InChI=1S/C23H23N3O2S/c1-2-18(16-7-11-24-12-8-16)20-21(27)25-22(29-20)26-13-9-23(10-14-26)19-6-4-3-5-17(19)15-28-23/h3-8,11-12H,2,9-10,13-15H2,1H3/b20-18+. The van der Waals surface area contributed by atoms with Crippen LogP contribution in [0.25, 0.3) is 5.57 Å². The van der Waals surface area contributed by atoms with E-state index in [1.54, 1.807) is 12.4 Å². The molecule has 148 valence electrons. The van der Waals surface area contributed by atoms with E-state index < -0.39 is 0 Å². The van der Waals surface area contributed by atoms with Crippen LogP contribution >= 0.6 is 11.8 Å². The quantitative estimate of drug-likeness (QED) is 0.695. The molecule has 2 aromatic rings. The molecule has 1 fully saturated rings. The van der Waals surface area contributed by atoms with Gasteiger partial charge >= 0.3 is 0 Å². The molecule has 0 saturated carbocycles. The number of hydrogen-bond donors (Lipinski definition) is 0. The number of amides is 1. The van der Waals surface area contributed by atoms with E-state index in [4.69, 9.17) is 4.74 Å². The van der Waals surface area contributed by atoms with Gasteiger partial charge in [0.15, 0.2) is 5.17 Å². The SMILES string of the molecule is CC/C(=C1\SC(N2CCC3(CC2)OCc2ccccc23)=NC1=O)c1ccncc1. The van der Waals surface area contributed by atoms with Crippen LogP contribution in [0.3, 0.4) is 0 Å². The van der Waals surface area contributed by atoms with E-state index >= 15 is 0 Å². The van der Waals surface area contributed by atoms with Crippen LogP contribution in [0.4, 0.5) is 0 Å². The third kappa shape index (κ3) is 3.20. The zero-order valence-electron chi connectivity index (χ0n) is 16.4. The van der Waals surface area contributed by atoms with Crippen molar-refractivity contribution in [3.63, 3.8) is 0 Å². The van der Waals surface area contributed by atoms with Crippen LogP contribution in [-0.4, -0.2) is 34.0 Å².